The topological polar surface area (TPSA) is 54.4 Å². The second-order valence-corrected chi connectivity index (χ2v) is 8.53. The lowest BCUT2D eigenvalue weighted by molar-refractivity contribution is -0.145. The number of aliphatic hydroxyl groups excluding tert-OH is 1. The zero-order valence-electron chi connectivity index (χ0n) is 13.8. The smallest absolute Gasteiger partial charge is 0.159 e. The maximum Gasteiger partial charge on any atom is 0.159 e. The lowest BCUT2D eigenvalue weighted by atomic mass is 9.47. The fraction of sp³-hybridized carbons (Fsp3) is 0.789. The molecule has 23 heavy (non-hydrogen) atoms. The van der Waals surface area contributed by atoms with Crippen molar-refractivity contribution in [1.82, 2.24) is 0 Å². The number of allylic oxidation sites excluding steroid dienone is 2. The van der Waals surface area contributed by atoms with Crippen molar-refractivity contribution in [3.8, 4) is 0 Å². The predicted octanol–water partition coefficient (Wildman–Crippen LogP) is 3.01. The van der Waals surface area contributed by atoms with Crippen molar-refractivity contribution in [3.63, 3.8) is 0 Å². The third kappa shape index (κ3) is 1.79. The van der Waals surface area contributed by atoms with E-state index in [9.17, 15) is 19.1 Å². The van der Waals surface area contributed by atoms with Crippen LogP contribution in [0.1, 0.15) is 52.4 Å². The van der Waals surface area contributed by atoms with Crippen molar-refractivity contribution < 1.29 is 19.1 Å². The van der Waals surface area contributed by atoms with Crippen LogP contribution in [-0.4, -0.2) is 28.9 Å². The molecule has 1 N–H and O–H groups in total. The summed E-state index contributed by atoms with van der Waals surface area (Å²) in [6.07, 6.45) is 3.38. The predicted molar refractivity (Wildman–Crippen MR) is 83.4 cm³/mol. The first-order valence-electron chi connectivity index (χ1n) is 8.90. The van der Waals surface area contributed by atoms with Gasteiger partial charge in [0.05, 0.1) is 11.5 Å². The van der Waals surface area contributed by atoms with E-state index in [0.717, 1.165) is 24.8 Å². The summed E-state index contributed by atoms with van der Waals surface area (Å²) in [5.74, 6) is -0.160. The lowest BCUT2D eigenvalue weighted by Gasteiger charge is -2.55. The molecule has 0 aromatic heterocycles. The van der Waals surface area contributed by atoms with Gasteiger partial charge in [0, 0.05) is 12.3 Å². The number of hydrogen-bond donors (Lipinski definition) is 1. The molecule has 0 aromatic rings. The fourth-order valence-corrected chi connectivity index (χ4v) is 6.21. The molecule has 3 nitrogen and oxygen atoms in total. The molecule has 126 valence electrons. The van der Waals surface area contributed by atoms with Gasteiger partial charge in [0.2, 0.25) is 0 Å². The molecule has 4 heteroatoms. The van der Waals surface area contributed by atoms with Gasteiger partial charge in [-0.1, -0.05) is 12.5 Å². The molecule has 4 aliphatic rings. The third-order valence-corrected chi connectivity index (χ3v) is 7.69. The van der Waals surface area contributed by atoms with E-state index < -0.39 is 23.1 Å². The SMILES string of the molecule is C[C@]12C(=O)CCCC1=CC(=O)[C@@H]1[C@H]2CC[C@]2(C)C(O)C(F)C[C@@H]12. The number of rotatable bonds is 0. The molecule has 0 heterocycles. The summed E-state index contributed by atoms with van der Waals surface area (Å²) >= 11 is 0. The molecule has 7 atom stereocenters. The Balaban J connectivity index is 1.80. The van der Waals surface area contributed by atoms with Gasteiger partial charge < -0.3 is 5.11 Å². The van der Waals surface area contributed by atoms with Crippen LogP contribution in [0, 0.1) is 28.6 Å². The maximum absolute atomic E-state index is 14.2. The summed E-state index contributed by atoms with van der Waals surface area (Å²) in [5, 5.41) is 10.3. The van der Waals surface area contributed by atoms with E-state index in [2.05, 4.69) is 0 Å². The molecule has 0 saturated heterocycles. The Kier molecular flexibility index (Phi) is 3.20. The first-order chi connectivity index (χ1) is 10.8. The van der Waals surface area contributed by atoms with Crippen molar-refractivity contribution in [3.05, 3.63) is 11.6 Å². The number of carbonyl (C=O) groups is 2. The van der Waals surface area contributed by atoms with E-state index in [1.807, 2.05) is 13.8 Å². The zero-order valence-corrected chi connectivity index (χ0v) is 13.8. The summed E-state index contributed by atoms with van der Waals surface area (Å²) in [6, 6.07) is 0. The second kappa shape index (κ2) is 4.75. The van der Waals surface area contributed by atoms with Crippen LogP contribution in [0.2, 0.25) is 0 Å². The highest BCUT2D eigenvalue weighted by molar-refractivity contribution is 6.00. The molecule has 0 bridgehead atoms. The van der Waals surface area contributed by atoms with Gasteiger partial charge >= 0.3 is 0 Å². The highest BCUT2D eigenvalue weighted by Crippen LogP contribution is 2.63. The molecule has 0 aromatic carbocycles. The van der Waals surface area contributed by atoms with Crippen molar-refractivity contribution in [2.45, 2.75) is 64.6 Å². The molecule has 0 spiro atoms. The monoisotopic (exact) mass is 320 g/mol. The average Bonchev–Trinajstić information content (AvgIpc) is 2.73. The zero-order chi connectivity index (χ0) is 16.6. The first-order valence-corrected chi connectivity index (χ1v) is 8.90. The van der Waals surface area contributed by atoms with E-state index >= 15 is 0 Å². The Morgan fingerprint density at radius 3 is 2.70 bits per heavy atom. The van der Waals surface area contributed by atoms with Crippen LogP contribution in [0.4, 0.5) is 4.39 Å². The summed E-state index contributed by atoms with van der Waals surface area (Å²) in [4.78, 5) is 25.6. The van der Waals surface area contributed by atoms with Gasteiger partial charge in [-0.2, -0.15) is 0 Å². The van der Waals surface area contributed by atoms with E-state index in [1.54, 1.807) is 6.08 Å². The Labute approximate surface area is 136 Å². The van der Waals surface area contributed by atoms with Crippen LogP contribution in [0.3, 0.4) is 0 Å². The minimum atomic E-state index is -1.25. The average molecular weight is 320 g/mol. The van der Waals surface area contributed by atoms with E-state index in [4.69, 9.17) is 0 Å². The largest absolute Gasteiger partial charge is 0.390 e. The van der Waals surface area contributed by atoms with E-state index in [0.29, 0.717) is 12.8 Å². The number of hydrogen-bond acceptors (Lipinski definition) is 3. The third-order valence-electron chi connectivity index (χ3n) is 7.69. The van der Waals surface area contributed by atoms with Crippen LogP contribution < -0.4 is 0 Å². The van der Waals surface area contributed by atoms with Crippen molar-refractivity contribution in [1.29, 1.82) is 0 Å². The number of carbonyl (C=O) groups excluding carboxylic acids is 2. The van der Waals surface area contributed by atoms with Crippen molar-refractivity contribution in [2.24, 2.45) is 28.6 Å². The molecular weight excluding hydrogens is 295 g/mol. The van der Waals surface area contributed by atoms with Crippen LogP contribution in [0.25, 0.3) is 0 Å². The molecule has 0 aliphatic heterocycles. The molecule has 3 saturated carbocycles. The summed E-state index contributed by atoms with van der Waals surface area (Å²) in [7, 11) is 0. The number of ketones is 2. The minimum absolute atomic E-state index is 0.0154. The highest BCUT2D eigenvalue weighted by Gasteiger charge is 2.64. The van der Waals surface area contributed by atoms with Crippen LogP contribution in [0.5, 0.6) is 0 Å². The lowest BCUT2D eigenvalue weighted by Crippen LogP contribution is -2.55. The van der Waals surface area contributed by atoms with E-state index in [-0.39, 0.29) is 35.7 Å². The van der Waals surface area contributed by atoms with E-state index in [1.165, 1.54) is 0 Å². The molecule has 0 radical (unpaired) electrons. The van der Waals surface area contributed by atoms with Gasteiger partial charge in [-0.15, -0.1) is 0 Å². The van der Waals surface area contributed by atoms with Crippen LogP contribution in [0.15, 0.2) is 11.6 Å². The minimum Gasteiger partial charge on any atom is -0.390 e. The number of fused-ring (bicyclic) bond motifs is 5. The Hall–Kier alpha value is -1.03. The molecule has 0 amide bonds. The molecule has 3 fully saturated rings. The second-order valence-electron chi connectivity index (χ2n) is 8.53. The molecule has 2 unspecified atom stereocenters. The molecule has 4 rings (SSSR count). The highest BCUT2D eigenvalue weighted by atomic mass is 19.1. The van der Waals surface area contributed by atoms with Crippen molar-refractivity contribution >= 4 is 11.6 Å². The van der Waals surface area contributed by atoms with Crippen LogP contribution >= 0.6 is 0 Å². The molecule has 4 aliphatic carbocycles. The maximum atomic E-state index is 14.2. The number of aliphatic hydroxyl groups is 1. The molecular formula is C19H25FO3. The van der Waals surface area contributed by atoms with Gasteiger partial charge in [-0.05, 0) is 62.4 Å². The Bertz CT molecular complexity index is 612. The van der Waals surface area contributed by atoms with Crippen LogP contribution in [-0.2, 0) is 9.59 Å². The Morgan fingerprint density at radius 1 is 1.22 bits per heavy atom. The fourth-order valence-electron chi connectivity index (χ4n) is 6.21. The number of alkyl halides is 1. The number of Topliss-reactive ketones (excluding diaryl/α,β-unsaturated/α-hetero) is 1. The summed E-state index contributed by atoms with van der Waals surface area (Å²) in [6.45, 7) is 3.93. The van der Waals surface area contributed by atoms with Crippen molar-refractivity contribution in [2.75, 3.05) is 0 Å². The van der Waals surface area contributed by atoms with Gasteiger partial charge in [-0.25, -0.2) is 4.39 Å². The Morgan fingerprint density at radius 2 is 1.96 bits per heavy atom. The van der Waals surface area contributed by atoms with Gasteiger partial charge in [0.25, 0.3) is 0 Å². The van der Waals surface area contributed by atoms with Gasteiger partial charge in [-0.3, -0.25) is 9.59 Å². The summed E-state index contributed by atoms with van der Waals surface area (Å²) in [5.41, 5.74) is -0.0772. The first kappa shape index (κ1) is 15.5. The number of halogens is 1. The van der Waals surface area contributed by atoms with Gasteiger partial charge in [0.1, 0.15) is 12.0 Å². The van der Waals surface area contributed by atoms with Gasteiger partial charge in [0.15, 0.2) is 5.78 Å². The quantitative estimate of drug-likeness (QED) is 0.746. The summed E-state index contributed by atoms with van der Waals surface area (Å²) < 4.78 is 14.2. The normalized spacial score (nSPS) is 52.5. The standard InChI is InChI=1S/C19H25FO3/c1-18-7-6-11-16(12(18)9-13(20)17(18)23)14(21)8-10-4-3-5-15(22)19(10,11)2/h8,11-13,16-17,23H,3-7,9H2,1-2H3/t11-,12+,13?,16-,17?,18+,19+/m1/s1.